The molecule has 0 amide bonds. The van der Waals surface area contributed by atoms with Crippen LogP contribution in [-0.4, -0.2) is 16.6 Å². The number of hydrogen-bond donors (Lipinski definition) is 2. The third-order valence-electron chi connectivity index (χ3n) is 3.52. The Kier molecular flexibility index (Phi) is 3.84. The van der Waals surface area contributed by atoms with Gasteiger partial charge in [-0.05, 0) is 31.9 Å². The summed E-state index contributed by atoms with van der Waals surface area (Å²) in [6.45, 7) is 3.06. The van der Waals surface area contributed by atoms with Crippen LogP contribution in [0.3, 0.4) is 0 Å². The average Bonchev–Trinajstić information content (AvgIpc) is 2.76. The van der Waals surface area contributed by atoms with Gasteiger partial charge in [-0.2, -0.15) is 0 Å². The monoisotopic (exact) mass is 253 g/mol. The zero-order chi connectivity index (χ0) is 12.3. The number of nitrogens with one attached hydrogen (secondary N) is 1. The molecule has 4 heteroatoms. The van der Waals surface area contributed by atoms with Crippen molar-refractivity contribution in [1.82, 2.24) is 5.32 Å². The Bertz CT molecular complexity index is 394. The molecule has 1 aliphatic carbocycles. The number of aromatic carboxylic acids is 1. The second-order valence-electron chi connectivity index (χ2n) is 5.05. The van der Waals surface area contributed by atoms with Gasteiger partial charge >= 0.3 is 5.97 Å². The maximum atomic E-state index is 10.8. The Morgan fingerprint density at radius 2 is 2.12 bits per heavy atom. The van der Waals surface area contributed by atoms with Crippen molar-refractivity contribution in [2.75, 3.05) is 0 Å². The van der Waals surface area contributed by atoms with Gasteiger partial charge in [0.15, 0.2) is 0 Å². The molecule has 1 aliphatic rings. The van der Waals surface area contributed by atoms with E-state index < -0.39 is 5.97 Å². The molecule has 1 fully saturated rings. The molecule has 94 valence electrons. The summed E-state index contributed by atoms with van der Waals surface area (Å²) in [5.74, 6) is -0.829. The molecule has 0 atom stereocenters. The molecule has 17 heavy (non-hydrogen) atoms. The van der Waals surface area contributed by atoms with Crippen LogP contribution in [0.25, 0.3) is 0 Å². The van der Waals surface area contributed by atoms with Crippen LogP contribution >= 0.6 is 11.3 Å². The van der Waals surface area contributed by atoms with E-state index in [1.54, 1.807) is 6.07 Å². The van der Waals surface area contributed by atoms with E-state index in [1.165, 1.54) is 43.4 Å². The minimum atomic E-state index is -0.829. The van der Waals surface area contributed by atoms with Gasteiger partial charge in [0.1, 0.15) is 4.88 Å². The van der Waals surface area contributed by atoms with Crippen LogP contribution < -0.4 is 5.32 Å². The van der Waals surface area contributed by atoms with Crippen LogP contribution in [-0.2, 0) is 6.54 Å². The Hall–Kier alpha value is -0.870. The van der Waals surface area contributed by atoms with Crippen molar-refractivity contribution in [2.24, 2.45) is 0 Å². The van der Waals surface area contributed by atoms with Crippen molar-refractivity contribution in [3.63, 3.8) is 0 Å². The second kappa shape index (κ2) is 5.19. The van der Waals surface area contributed by atoms with E-state index in [0.29, 0.717) is 4.88 Å². The first-order chi connectivity index (χ1) is 8.09. The fourth-order valence-corrected chi connectivity index (χ4v) is 3.18. The second-order valence-corrected chi connectivity index (χ2v) is 6.21. The van der Waals surface area contributed by atoms with Crippen LogP contribution in [0.4, 0.5) is 0 Å². The maximum Gasteiger partial charge on any atom is 0.345 e. The van der Waals surface area contributed by atoms with Crippen molar-refractivity contribution in [1.29, 1.82) is 0 Å². The lowest BCUT2D eigenvalue weighted by Gasteiger charge is -2.34. The third kappa shape index (κ3) is 3.30. The average molecular weight is 253 g/mol. The fourth-order valence-electron chi connectivity index (χ4n) is 2.40. The summed E-state index contributed by atoms with van der Waals surface area (Å²) in [5, 5.41) is 12.4. The zero-order valence-electron chi connectivity index (χ0n) is 10.2. The highest BCUT2D eigenvalue weighted by Crippen LogP contribution is 2.28. The summed E-state index contributed by atoms with van der Waals surface area (Å²) in [6.07, 6.45) is 6.40. The van der Waals surface area contributed by atoms with E-state index in [0.717, 1.165) is 11.4 Å². The van der Waals surface area contributed by atoms with Crippen LogP contribution in [0.5, 0.6) is 0 Å². The number of carboxylic acid groups (broad SMARTS) is 1. The van der Waals surface area contributed by atoms with Gasteiger partial charge in [-0.1, -0.05) is 19.3 Å². The summed E-state index contributed by atoms with van der Waals surface area (Å²) in [7, 11) is 0. The van der Waals surface area contributed by atoms with Gasteiger partial charge in [0.2, 0.25) is 0 Å². The Labute approximate surface area is 106 Å². The molecule has 1 heterocycles. The highest BCUT2D eigenvalue weighted by molar-refractivity contribution is 7.13. The molecule has 2 rings (SSSR count). The number of thiophene rings is 1. The van der Waals surface area contributed by atoms with Crippen molar-refractivity contribution >= 4 is 17.3 Å². The third-order valence-corrected chi connectivity index (χ3v) is 4.59. The van der Waals surface area contributed by atoms with E-state index in [4.69, 9.17) is 5.11 Å². The largest absolute Gasteiger partial charge is 0.477 e. The van der Waals surface area contributed by atoms with Gasteiger partial charge < -0.3 is 10.4 Å². The summed E-state index contributed by atoms with van der Waals surface area (Å²) in [6, 6.07) is 3.60. The number of carboxylic acids is 1. The lowest BCUT2D eigenvalue weighted by molar-refractivity contribution is 0.0702. The van der Waals surface area contributed by atoms with E-state index in [2.05, 4.69) is 12.2 Å². The van der Waals surface area contributed by atoms with Crippen LogP contribution in [0.2, 0.25) is 0 Å². The van der Waals surface area contributed by atoms with Crippen molar-refractivity contribution in [3.05, 3.63) is 21.9 Å². The van der Waals surface area contributed by atoms with Crippen LogP contribution in [0, 0.1) is 0 Å². The molecule has 0 saturated heterocycles. The van der Waals surface area contributed by atoms with Gasteiger partial charge in [0.05, 0.1) is 0 Å². The van der Waals surface area contributed by atoms with Crippen molar-refractivity contribution < 1.29 is 9.90 Å². The molecule has 1 aromatic heterocycles. The predicted molar refractivity (Wildman–Crippen MR) is 69.6 cm³/mol. The summed E-state index contributed by atoms with van der Waals surface area (Å²) in [4.78, 5) is 12.3. The highest BCUT2D eigenvalue weighted by atomic mass is 32.1. The quantitative estimate of drug-likeness (QED) is 0.866. The first kappa shape index (κ1) is 12.6. The molecule has 1 aromatic rings. The minimum absolute atomic E-state index is 0.242. The zero-order valence-corrected chi connectivity index (χ0v) is 11.0. The van der Waals surface area contributed by atoms with Gasteiger partial charge in [0, 0.05) is 17.0 Å². The Morgan fingerprint density at radius 3 is 2.71 bits per heavy atom. The van der Waals surface area contributed by atoms with Gasteiger partial charge in [-0.15, -0.1) is 11.3 Å². The molecule has 2 N–H and O–H groups in total. The molecule has 0 aromatic carbocycles. The normalized spacial score (nSPS) is 19.1. The molecule has 3 nitrogen and oxygen atoms in total. The Balaban J connectivity index is 1.90. The number of carbonyl (C=O) groups is 1. The molecule has 0 unspecified atom stereocenters. The smallest absolute Gasteiger partial charge is 0.345 e. The van der Waals surface area contributed by atoms with Crippen molar-refractivity contribution in [3.8, 4) is 0 Å². The minimum Gasteiger partial charge on any atom is -0.477 e. The van der Waals surface area contributed by atoms with E-state index in [-0.39, 0.29) is 5.54 Å². The predicted octanol–water partition coefficient (Wildman–Crippen LogP) is 3.26. The first-order valence-electron chi connectivity index (χ1n) is 6.16. The first-order valence-corrected chi connectivity index (χ1v) is 6.98. The summed E-state index contributed by atoms with van der Waals surface area (Å²) >= 11 is 1.37. The van der Waals surface area contributed by atoms with E-state index in [1.807, 2.05) is 6.07 Å². The van der Waals surface area contributed by atoms with Crippen LogP contribution in [0.1, 0.15) is 53.6 Å². The summed E-state index contributed by atoms with van der Waals surface area (Å²) in [5.41, 5.74) is 0.242. The van der Waals surface area contributed by atoms with Gasteiger partial charge in [-0.3, -0.25) is 0 Å². The van der Waals surface area contributed by atoms with Gasteiger partial charge in [0.25, 0.3) is 0 Å². The number of hydrogen-bond acceptors (Lipinski definition) is 3. The standard InChI is InChI=1S/C13H19NO2S/c1-13(7-3-2-4-8-13)14-9-10-5-6-11(17-10)12(15)16/h5-6,14H,2-4,7-9H2,1H3,(H,15,16). The van der Waals surface area contributed by atoms with Crippen LogP contribution in [0.15, 0.2) is 12.1 Å². The molecule has 0 radical (unpaired) electrons. The fraction of sp³-hybridized carbons (Fsp3) is 0.615. The SMILES string of the molecule is CC1(NCc2ccc(C(=O)O)s2)CCCCC1. The number of rotatable bonds is 4. The molecule has 1 saturated carbocycles. The Morgan fingerprint density at radius 1 is 1.41 bits per heavy atom. The van der Waals surface area contributed by atoms with E-state index in [9.17, 15) is 4.79 Å². The molecule has 0 bridgehead atoms. The molecular weight excluding hydrogens is 234 g/mol. The van der Waals surface area contributed by atoms with Gasteiger partial charge in [-0.25, -0.2) is 4.79 Å². The lowest BCUT2D eigenvalue weighted by atomic mass is 9.83. The molecule has 0 spiro atoms. The maximum absolute atomic E-state index is 10.8. The molecule has 0 aliphatic heterocycles. The highest BCUT2D eigenvalue weighted by Gasteiger charge is 2.25. The van der Waals surface area contributed by atoms with Crippen molar-refractivity contribution in [2.45, 2.75) is 51.1 Å². The molecular formula is C13H19NO2S. The van der Waals surface area contributed by atoms with E-state index >= 15 is 0 Å². The topological polar surface area (TPSA) is 49.3 Å². The lowest BCUT2D eigenvalue weighted by Crippen LogP contribution is -2.43. The summed E-state index contributed by atoms with van der Waals surface area (Å²) < 4.78 is 0.